The highest BCUT2D eigenvalue weighted by atomic mass is 79.9. The summed E-state index contributed by atoms with van der Waals surface area (Å²) in [6, 6.07) is 9.78. The molecule has 2 aromatic carbocycles. The zero-order valence-electron chi connectivity index (χ0n) is 19.8. The Balaban J connectivity index is 1.66. The van der Waals surface area contributed by atoms with Gasteiger partial charge in [-0.1, -0.05) is 40.5 Å². The average Bonchev–Trinajstić information content (AvgIpc) is 3.25. The Morgan fingerprint density at radius 1 is 1.17 bits per heavy atom. The van der Waals surface area contributed by atoms with Gasteiger partial charge in [-0.3, -0.25) is 9.69 Å². The molecule has 1 aliphatic rings. The summed E-state index contributed by atoms with van der Waals surface area (Å²) in [7, 11) is -5.08. The normalized spacial score (nSPS) is 17.1. The number of sulfonamides is 1. The quantitative estimate of drug-likeness (QED) is 0.470. The van der Waals surface area contributed by atoms with Crippen LogP contribution in [0.25, 0.3) is 0 Å². The van der Waals surface area contributed by atoms with Gasteiger partial charge in [0, 0.05) is 54.3 Å². The first-order chi connectivity index (χ1) is 16.3. The number of halogens is 2. The molecule has 0 spiro atoms. The van der Waals surface area contributed by atoms with E-state index in [4.69, 9.17) is 11.6 Å². The molecule has 1 aliphatic heterocycles. The van der Waals surface area contributed by atoms with Crippen LogP contribution in [0.2, 0.25) is 5.02 Å². The highest BCUT2D eigenvalue weighted by Gasteiger charge is 2.30. The second-order valence-electron chi connectivity index (χ2n) is 8.60. The molecule has 1 fully saturated rings. The van der Waals surface area contributed by atoms with Crippen LogP contribution in [0.1, 0.15) is 34.8 Å². The number of rotatable bonds is 9. The van der Waals surface area contributed by atoms with Crippen molar-refractivity contribution in [2.75, 3.05) is 32.1 Å². The van der Waals surface area contributed by atoms with Crippen LogP contribution in [-0.2, 0) is 33.0 Å². The van der Waals surface area contributed by atoms with Crippen LogP contribution in [0.5, 0.6) is 0 Å². The maximum Gasteiger partial charge on any atom is 0.251 e. The topological polar surface area (TPSA) is 104 Å². The van der Waals surface area contributed by atoms with Crippen LogP contribution in [0.3, 0.4) is 0 Å². The van der Waals surface area contributed by atoms with Crippen LogP contribution in [0.15, 0.2) is 45.8 Å². The van der Waals surface area contributed by atoms with Gasteiger partial charge in [0.15, 0.2) is 9.84 Å². The van der Waals surface area contributed by atoms with Crippen molar-refractivity contribution in [3.05, 3.63) is 62.6 Å². The molecule has 12 heteroatoms. The Labute approximate surface area is 220 Å². The molecule has 0 bridgehead atoms. The third-order valence-corrected chi connectivity index (χ3v) is 10.3. The fourth-order valence-corrected chi connectivity index (χ4v) is 6.53. The van der Waals surface area contributed by atoms with Crippen LogP contribution in [0, 0.1) is 0 Å². The van der Waals surface area contributed by atoms with E-state index in [1.807, 2.05) is 6.07 Å². The predicted octanol–water partition coefficient (Wildman–Crippen LogP) is 3.29. The second-order valence-corrected chi connectivity index (χ2v) is 14.2. The van der Waals surface area contributed by atoms with Crippen molar-refractivity contribution >= 4 is 53.3 Å². The Hall–Kier alpha value is -1.50. The molecule has 2 aromatic rings. The summed E-state index contributed by atoms with van der Waals surface area (Å²) in [4.78, 5) is 15.1. The summed E-state index contributed by atoms with van der Waals surface area (Å²) in [5, 5.41) is 3.17. The number of carbonyl (C=O) groups is 1. The molecular weight excluding hydrogens is 578 g/mol. The molecule has 0 aromatic heterocycles. The highest BCUT2D eigenvalue weighted by molar-refractivity contribution is 9.10. The number of likely N-dealkylation sites (tertiary alicyclic amines) is 1. The van der Waals surface area contributed by atoms with Crippen LogP contribution < -0.4 is 5.32 Å². The number of likely N-dealkylation sites (N-methyl/N-ethyl adjacent to an activating group) is 1. The lowest BCUT2D eigenvalue weighted by Gasteiger charge is -2.22. The number of amides is 1. The van der Waals surface area contributed by atoms with Gasteiger partial charge in [-0.05, 0) is 47.9 Å². The minimum atomic E-state index is -3.46. The lowest BCUT2D eigenvalue weighted by atomic mass is 10.1. The van der Waals surface area contributed by atoms with Gasteiger partial charge in [0.25, 0.3) is 5.91 Å². The van der Waals surface area contributed by atoms with Crippen molar-refractivity contribution in [2.45, 2.75) is 37.4 Å². The summed E-state index contributed by atoms with van der Waals surface area (Å²) in [5.41, 5.74) is 1.85. The first-order valence-electron chi connectivity index (χ1n) is 11.0. The van der Waals surface area contributed by atoms with Crippen LogP contribution in [-0.4, -0.2) is 70.1 Å². The van der Waals surface area contributed by atoms with E-state index in [1.165, 1.54) is 22.7 Å². The average molecular weight is 607 g/mol. The van der Waals surface area contributed by atoms with Crippen molar-refractivity contribution in [3.8, 4) is 0 Å². The summed E-state index contributed by atoms with van der Waals surface area (Å²) in [5.74, 6) is -0.389. The third-order valence-electron chi connectivity index (χ3n) is 6.17. The molecule has 0 unspecified atom stereocenters. The molecule has 8 nitrogen and oxygen atoms in total. The smallest absolute Gasteiger partial charge is 0.251 e. The number of benzene rings is 2. The molecule has 0 radical (unpaired) electrons. The fraction of sp³-hybridized carbons (Fsp3) is 0.435. The van der Waals surface area contributed by atoms with E-state index in [2.05, 4.69) is 26.1 Å². The number of nitrogens with one attached hydrogen (secondary N) is 1. The Kier molecular flexibility index (Phi) is 9.04. The summed E-state index contributed by atoms with van der Waals surface area (Å²) < 4.78 is 50.6. The number of hydrogen-bond acceptors (Lipinski definition) is 6. The summed E-state index contributed by atoms with van der Waals surface area (Å²) in [6.07, 6.45) is 1.98. The maximum atomic E-state index is 12.8. The van der Waals surface area contributed by atoms with E-state index in [0.717, 1.165) is 23.0 Å². The molecule has 1 saturated heterocycles. The van der Waals surface area contributed by atoms with Gasteiger partial charge in [-0.15, -0.1) is 0 Å². The van der Waals surface area contributed by atoms with Crippen LogP contribution >= 0.6 is 27.5 Å². The van der Waals surface area contributed by atoms with Crippen molar-refractivity contribution < 1.29 is 21.6 Å². The van der Waals surface area contributed by atoms with Crippen molar-refractivity contribution in [2.24, 2.45) is 0 Å². The molecule has 192 valence electrons. The summed E-state index contributed by atoms with van der Waals surface area (Å²) in [6.45, 7) is 3.63. The van der Waals surface area contributed by atoms with E-state index in [1.54, 1.807) is 32.2 Å². The van der Waals surface area contributed by atoms with Gasteiger partial charge in [-0.2, -0.15) is 0 Å². The molecule has 1 N–H and O–H groups in total. The standard InChI is InChI=1S/C23H29BrClN3O5S2/c1-4-35(32,33)22-8-7-19(25)11-18(22)13-26-23(29)16-5-6-17(21(24)12-16)14-28-10-9-20(15-28)27(2)34(3,30)31/h5-8,11-12,20H,4,9-10,13-15H2,1-3H3,(H,26,29)/t20-/m1/s1. The lowest BCUT2D eigenvalue weighted by Crippen LogP contribution is -2.38. The van der Waals surface area contributed by atoms with Gasteiger partial charge in [-0.25, -0.2) is 21.1 Å². The Morgan fingerprint density at radius 2 is 1.89 bits per heavy atom. The van der Waals surface area contributed by atoms with Crippen molar-refractivity contribution in [1.82, 2.24) is 14.5 Å². The number of carbonyl (C=O) groups excluding carboxylic acids is 1. The zero-order chi connectivity index (χ0) is 26.0. The molecule has 1 heterocycles. The SMILES string of the molecule is CCS(=O)(=O)c1ccc(Cl)cc1CNC(=O)c1ccc(CN2CC[C@@H](N(C)S(C)(=O)=O)C2)c(Br)c1. The fourth-order valence-electron chi connectivity index (χ4n) is 4.00. The lowest BCUT2D eigenvalue weighted by molar-refractivity contribution is 0.0950. The number of hydrogen-bond donors (Lipinski definition) is 1. The minimum Gasteiger partial charge on any atom is -0.348 e. The first-order valence-corrected chi connectivity index (χ1v) is 15.7. The van der Waals surface area contributed by atoms with Crippen LogP contribution in [0.4, 0.5) is 0 Å². The van der Waals surface area contributed by atoms with E-state index in [-0.39, 0.29) is 29.1 Å². The van der Waals surface area contributed by atoms with E-state index in [0.29, 0.717) is 29.2 Å². The third kappa shape index (κ3) is 7.05. The van der Waals surface area contributed by atoms with Gasteiger partial charge in [0.1, 0.15) is 0 Å². The van der Waals surface area contributed by atoms with Gasteiger partial charge in [0.2, 0.25) is 10.0 Å². The largest absolute Gasteiger partial charge is 0.348 e. The van der Waals surface area contributed by atoms with E-state index < -0.39 is 19.9 Å². The van der Waals surface area contributed by atoms with Gasteiger partial charge < -0.3 is 5.32 Å². The van der Waals surface area contributed by atoms with E-state index in [9.17, 15) is 21.6 Å². The summed E-state index contributed by atoms with van der Waals surface area (Å²) >= 11 is 9.59. The Bertz CT molecular complexity index is 1320. The second kappa shape index (κ2) is 11.3. The zero-order valence-corrected chi connectivity index (χ0v) is 23.8. The highest BCUT2D eigenvalue weighted by Crippen LogP contribution is 2.25. The molecule has 1 atom stereocenters. The van der Waals surface area contributed by atoms with Crippen molar-refractivity contribution in [3.63, 3.8) is 0 Å². The molecule has 3 rings (SSSR count). The minimum absolute atomic E-state index is 0.0242. The maximum absolute atomic E-state index is 12.8. The number of nitrogens with zero attached hydrogens (tertiary/aromatic N) is 2. The monoisotopic (exact) mass is 605 g/mol. The molecular formula is C23H29BrClN3O5S2. The van der Waals surface area contributed by atoms with Gasteiger partial charge >= 0.3 is 0 Å². The van der Waals surface area contributed by atoms with Crippen molar-refractivity contribution in [1.29, 1.82) is 0 Å². The molecule has 35 heavy (non-hydrogen) atoms. The first kappa shape index (κ1) is 28.1. The molecule has 0 saturated carbocycles. The van der Waals surface area contributed by atoms with E-state index >= 15 is 0 Å². The predicted molar refractivity (Wildman–Crippen MR) is 141 cm³/mol. The molecule has 0 aliphatic carbocycles. The number of sulfone groups is 1. The Morgan fingerprint density at radius 3 is 2.51 bits per heavy atom. The van der Waals surface area contributed by atoms with Gasteiger partial charge in [0.05, 0.1) is 16.9 Å². The molecule has 1 amide bonds.